The first-order valence-electron chi connectivity index (χ1n) is 16.9. The molecular formula is C36H46N6O6Si. The van der Waals surface area contributed by atoms with E-state index in [1.807, 2.05) is 28.8 Å². The van der Waals surface area contributed by atoms with E-state index in [-0.39, 0.29) is 25.6 Å². The van der Waals surface area contributed by atoms with Crippen LogP contribution in [0.2, 0.25) is 25.7 Å². The summed E-state index contributed by atoms with van der Waals surface area (Å²) in [5.74, 6) is 2.08. The Bertz CT molecular complexity index is 1870. The van der Waals surface area contributed by atoms with E-state index >= 15 is 0 Å². The van der Waals surface area contributed by atoms with Crippen molar-refractivity contribution in [3.63, 3.8) is 0 Å². The van der Waals surface area contributed by atoms with Crippen molar-refractivity contribution in [1.29, 1.82) is 0 Å². The van der Waals surface area contributed by atoms with Gasteiger partial charge in [0.2, 0.25) is 11.8 Å². The normalized spacial score (nSPS) is 15.8. The van der Waals surface area contributed by atoms with Crippen LogP contribution in [0.4, 0.5) is 5.95 Å². The molecule has 0 saturated carbocycles. The zero-order valence-electron chi connectivity index (χ0n) is 28.9. The average Bonchev–Trinajstić information content (AvgIpc) is 3.47. The predicted octanol–water partition coefficient (Wildman–Crippen LogP) is 6.64. The van der Waals surface area contributed by atoms with E-state index in [0.29, 0.717) is 48.9 Å². The lowest BCUT2D eigenvalue weighted by Crippen LogP contribution is -2.24. The molecule has 0 amide bonds. The van der Waals surface area contributed by atoms with E-state index in [4.69, 9.17) is 33.7 Å². The van der Waals surface area contributed by atoms with E-state index in [1.165, 1.54) is 0 Å². The van der Waals surface area contributed by atoms with Crippen molar-refractivity contribution in [2.24, 2.45) is 0 Å². The minimum Gasteiger partial charge on any atom is -0.487 e. The summed E-state index contributed by atoms with van der Waals surface area (Å²) in [6.45, 7) is 10.6. The van der Waals surface area contributed by atoms with E-state index in [9.17, 15) is 5.11 Å². The number of fused-ring (bicyclic) bond motifs is 2. The maximum atomic E-state index is 9.42. The molecule has 0 spiro atoms. The van der Waals surface area contributed by atoms with Crippen LogP contribution >= 0.6 is 0 Å². The number of ether oxygens (including phenoxy) is 5. The molecule has 1 fully saturated rings. The summed E-state index contributed by atoms with van der Waals surface area (Å²) >= 11 is 0. The van der Waals surface area contributed by atoms with Crippen LogP contribution in [0.15, 0.2) is 55.1 Å². The number of benzene rings is 1. The number of aliphatic hydroxyl groups excluding tert-OH is 1. The molecule has 1 aliphatic heterocycles. The Labute approximate surface area is 287 Å². The molecular weight excluding hydrogens is 641 g/mol. The Hall–Kier alpha value is -4.30. The molecule has 260 valence electrons. The van der Waals surface area contributed by atoms with Crippen molar-refractivity contribution < 1.29 is 28.8 Å². The fraction of sp³-hybridized carbons (Fsp3) is 0.444. The minimum absolute atomic E-state index is 0.0951. The third-order valence-electron chi connectivity index (χ3n) is 8.25. The van der Waals surface area contributed by atoms with Gasteiger partial charge in [0.25, 0.3) is 0 Å². The molecule has 0 radical (unpaired) electrons. The number of nitrogens with zero attached hydrogens (tertiary/aromatic N) is 5. The second-order valence-electron chi connectivity index (χ2n) is 13.6. The van der Waals surface area contributed by atoms with Gasteiger partial charge in [0.15, 0.2) is 11.9 Å². The second kappa shape index (κ2) is 15.5. The molecule has 4 aromatic heterocycles. The average molecular weight is 687 g/mol. The van der Waals surface area contributed by atoms with Crippen LogP contribution in [0.5, 0.6) is 17.4 Å². The summed E-state index contributed by atoms with van der Waals surface area (Å²) in [6, 6.07) is 11.1. The lowest BCUT2D eigenvalue weighted by molar-refractivity contribution is -0.106. The molecule has 49 heavy (non-hydrogen) atoms. The number of nitrogens with one attached hydrogen (secondary N) is 1. The molecule has 6 rings (SSSR count). The summed E-state index contributed by atoms with van der Waals surface area (Å²) in [6.07, 6.45) is 9.54. The highest BCUT2D eigenvalue weighted by molar-refractivity contribution is 6.76. The SMILES string of the molecule is CNc1nc(OCc2cncc(OC(C)CO)c2)c2c(-c3ccc4ncc(OC5CCCCO5)cc4c3)cn(COCC[Si](C)(C)C)c2n1. The molecule has 0 bridgehead atoms. The molecule has 2 unspecified atom stereocenters. The molecule has 2 atom stereocenters. The molecule has 12 nitrogen and oxygen atoms in total. The molecule has 1 saturated heterocycles. The molecule has 1 aliphatic rings. The van der Waals surface area contributed by atoms with Crippen molar-refractivity contribution in [3.05, 3.63) is 60.7 Å². The molecule has 1 aromatic carbocycles. The first-order valence-corrected chi connectivity index (χ1v) is 20.6. The number of anilines is 1. The van der Waals surface area contributed by atoms with Crippen molar-refractivity contribution in [2.75, 3.05) is 32.2 Å². The van der Waals surface area contributed by atoms with Gasteiger partial charge in [-0.3, -0.25) is 9.97 Å². The number of aromatic nitrogens is 5. The highest BCUT2D eigenvalue weighted by Crippen LogP contribution is 2.38. The number of hydrogen-bond acceptors (Lipinski definition) is 11. The Morgan fingerprint density at radius 1 is 1.08 bits per heavy atom. The number of aliphatic hydroxyl groups is 1. The maximum absolute atomic E-state index is 9.42. The van der Waals surface area contributed by atoms with Gasteiger partial charge < -0.3 is 38.7 Å². The van der Waals surface area contributed by atoms with Crippen molar-refractivity contribution in [1.82, 2.24) is 24.5 Å². The minimum atomic E-state index is -1.26. The molecule has 5 heterocycles. The zero-order valence-corrected chi connectivity index (χ0v) is 29.9. The Morgan fingerprint density at radius 3 is 2.73 bits per heavy atom. The molecule has 2 N–H and O–H groups in total. The highest BCUT2D eigenvalue weighted by Gasteiger charge is 2.22. The third-order valence-corrected chi connectivity index (χ3v) is 9.95. The highest BCUT2D eigenvalue weighted by atomic mass is 28.3. The third kappa shape index (κ3) is 8.84. The van der Waals surface area contributed by atoms with Crippen LogP contribution in [0, 0.1) is 0 Å². The van der Waals surface area contributed by atoms with Crippen molar-refractivity contribution in [2.45, 2.75) is 77.6 Å². The lowest BCUT2D eigenvalue weighted by Gasteiger charge is -2.23. The molecule has 5 aromatic rings. The van der Waals surface area contributed by atoms with E-state index in [0.717, 1.165) is 58.3 Å². The Balaban J connectivity index is 1.37. The first-order chi connectivity index (χ1) is 23.7. The van der Waals surface area contributed by atoms with Crippen molar-refractivity contribution >= 4 is 36.0 Å². The van der Waals surface area contributed by atoms with Crippen molar-refractivity contribution in [3.8, 4) is 28.5 Å². The Kier molecular flexibility index (Phi) is 10.9. The van der Waals surface area contributed by atoms with Crippen LogP contribution in [0.1, 0.15) is 31.7 Å². The standard InChI is InChI=1S/C36H46N6O6Si/c1-24(21-43)47-28-14-25(17-38-18-28)22-46-35-33-30(20-42(23-44-12-13-49(3,4)5)34(33)40-36(37-2)41-35)26-9-10-31-27(15-26)16-29(19-39-31)48-32-8-6-7-11-45-32/h9-10,14-20,24,32,43H,6-8,11-13,21-23H2,1-5H3,(H,37,40,41). The zero-order chi connectivity index (χ0) is 34.4. The monoisotopic (exact) mass is 686 g/mol. The fourth-order valence-electron chi connectivity index (χ4n) is 5.56. The van der Waals surface area contributed by atoms with Crippen LogP contribution in [0.3, 0.4) is 0 Å². The fourth-order valence-corrected chi connectivity index (χ4v) is 6.31. The summed E-state index contributed by atoms with van der Waals surface area (Å²) in [7, 11) is 0.518. The van der Waals surface area contributed by atoms with Gasteiger partial charge in [0.05, 0.1) is 36.5 Å². The summed E-state index contributed by atoms with van der Waals surface area (Å²) in [4.78, 5) is 18.6. The maximum Gasteiger partial charge on any atom is 0.228 e. The van der Waals surface area contributed by atoms with Gasteiger partial charge in [0.1, 0.15) is 30.9 Å². The summed E-state index contributed by atoms with van der Waals surface area (Å²) in [5, 5.41) is 14.2. The van der Waals surface area contributed by atoms with E-state index in [1.54, 1.807) is 32.6 Å². The predicted molar refractivity (Wildman–Crippen MR) is 192 cm³/mol. The van der Waals surface area contributed by atoms with Gasteiger partial charge in [-0.2, -0.15) is 9.97 Å². The number of pyridine rings is 2. The van der Waals surface area contributed by atoms with Gasteiger partial charge in [-0.25, -0.2) is 0 Å². The first kappa shape index (κ1) is 34.6. The molecule has 0 aliphatic carbocycles. The summed E-state index contributed by atoms with van der Waals surface area (Å²) < 4.78 is 32.4. The van der Waals surface area contributed by atoms with E-state index in [2.05, 4.69) is 47.2 Å². The van der Waals surface area contributed by atoms with Gasteiger partial charge in [-0.05, 0) is 55.6 Å². The largest absolute Gasteiger partial charge is 0.487 e. The topological polar surface area (TPSA) is 135 Å². The van der Waals surface area contributed by atoms with Gasteiger partial charge in [-0.15, -0.1) is 0 Å². The van der Waals surface area contributed by atoms with Crippen LogP contribution in [-0.4, -0.2) is 76.9 Å². The van der Waals surface area contributed by atoms with Gasteiger partial charge in [0, 0.05) is 57.1 Å². The smallest absolute Gasteiger partial charge is 0.228 e. The van der Waals surface area contributed by atoms with Crippen LogP contribution in [0.25, 0.3) is 33.1 Å². The van der Waals surface area contributed by atoms with Crippen LogP contribution < -0.4 is 19.5 Å². The van der Waals surface area contributed by atoms with Crippen LogP contribution in [-0.2, 0) is 22.8 Å². The quantitative estimate of drug-likeness (QED) is 0.0907. The lowest BCUT2D eigenvalue weighted by atomic mass is 10.0. The van der Waals surface area contributed by atoms with Gasteiger partial charge >= 0.3 is 0 Å². The summed E-state index contributed by atoms with van der Waals surface area (Å²) in [5.41, 5.74) is 4.19. The number of hydrogen-bond donors (Lipinski definition) is 2. The second-order valence-corrected chi connectivity index (χ2v) is 19.2. The van der Waals surface area contributed by atoms with Gasteiger partial charge in [-0.1, -0.05) is 25.7 Å². The Morgan fingerprint density at radius 2 is 1.96 bits per heavy atom. The molecule has 13 heteroatoms. The number of rotatable bonds is 15. The van der Waals surface area contributed by atoms with E-state index < -0.39 is 8.07 Å².